The molecule has 0 aliphatic carbocycles. The molecule has 0 amide bonds. The summed E-state index contributed by atoms with van der Waals surface area (Å²) in [5, 5.41) is 8.89. The van der Waals surface area contributed by atoms with E-state index in [-0.39, 0.29) is 0 Å². The van der Waals surface area contributed by atoms with Crippen molar-refractivity contribution in [2.45, 2.75) is 32.2 Å². The van der Waals surface area contributed by atoms with Crippen molar-refractivity contribution in [1.82, 2.24) is 0 Å². The maximum atomic E-state index is 10.8. The van der Waals surface area contributed by atoms with Gasteiger partial charge < -0.3 is 10.8 Å². The number of nitrogens with two attached hydrogens (primary N) is 1. The minimum Gasteiger partial charge on any atom is -0.480 e. The molecule has 1 atom stereocenters. The summed E-state index contributed by atoms with van der Waals surface area (Å²) in [6, 6.07) is 15.6. The van der Waals surface area contributed by atoms with Gasteiger partial charge in [0.2, 0.25) is 0 Å². The molecule has 0 saturated heterocycles. The zero-order valence-electron chi connectivity index (χ0n) is 12.3. The molecule has 1 unspecified atom stereocenters. The first-order valence-corrected chi connectivity index (χ1v) is 7.26. The Morgan fingerprint density at radius 3 is 2.43 bits per heavy atom. The molecule has 0 aromatic heterocycles. The van der Waals surface area contributed by atoms with Crippen LogP contribution in [0.3, 0.4) is 0 Å². The molecule has 0 fully saturated rings. The fourth-order valence-electron chi connectivity index (χ4n) is 2.37. The Labute approximate surface area is 125 Å². The second-order valence-electron chi connectivity index (χ2n) is 5.30. The number of rotatable bonds is 6. The number of carbonyl (C=O) groups is 1. The van der Waals surface area contributed by atoms with Gasteiger partial charge in [-0.25, -0.2) is 0 Å². The van der Waals surface area contributed by atoms with Crippen LogP contribution in [0.1, 0.15) is 24.5 Å². The molecule has 3 nitrogen and oxygen atoms in total. The van der Waals surface area contributed by atoms with Gasteiger partial charge in [0.1, 0.15) is 6.04 Å². The standard InChI is InChI=1S/C18H21NO2/c1-2-4-13-7-9-15(10-8-13)16-6-3-5-14(11-16)12-17(19)18(20)21/h3,5-11,17H,2,4,12,19H2,1H3,(H,20,21). The summed E-state index contributed by atoms with van der Waals surface area (Å²) in [5.41, 5.74) is 10.1. The highest BCUT2D eigenvalue weighted by molar-refractivity contribution is 5.73. The highest BCUT2D eigenvalue weighted by atomic mass is 16.4. The smallest absolute Gasteiger partial charge is 0.320 e. The molecule has 0 saturated carbocycles. The van der Waals surface area contributed by atoms with Crippen LogP contribution in [0, 0.1) is 0 Å². The van der Waals surface area contributed by atoms with Crippen LogP contribution in [0.25, 0.3) is 11.1 Å². The zero-order chi connectivity index (χ0) is 15.2. The van der Waals surface area contributed by atoms with Crippen LogP contribution in [0.15, 0.2) is 48.5 Å². The highest BCUT2D eigenvalue weighted by Crippen LogP contribution is 2.22. The van der Waals surface area contributed by atoms with Crippen molar-refractivity contribution in [3.8, 4) is 11.1 Å². The number of aliphatic carboxylic acids is 1. The van der Waals surface area contributed by atoms with Crippen LogP contribution in [0.2, 0.25) is 0 Å². The van der Waals surface area contributed by atoms with Crippen LogP contribution in [0.4, 0.5) is 0 Å². The summed E-state index contributed by atoms with van der Waals surface area (Å²) < 4.78 is 0. The normalized spacial score (nSPS) is 12.1. The van der Waals surface area contributed by atoms with E-state index in [0.717, 1.165) is 29.5 Å². The lowest BCUT2D eigenvalue weighted by atomic mass is 9.98. The summed E-state index contributed by atoms with van der Waals surface area (Å²) in [6.07, 6.45) is 2.58. The van der Waals surface area contributed by atoms with E-state index in [1.807, 2.05) is 24.3 Å². The highest BCUT2D eigenvalue weighted by Gasteiger charge is 2.12. The second kappa shape index (κ2) is 7.04. The summed E-state index contributed by atoms with van der Waals surface area (Å²) in [7, 11) is 0. The fourth-order valence-corrected chi connectivity index (χ4v) is 2.37. The van der Waals surface area contributed by atoms with E-state index < -0.39 is 12.0 Å². The van der Waals surface area contributed by atoms with Gasteiger partial charge in [-0.3, -0.25) is 4.79 Å². The molecule has 0 radical (unpaired) electrons. The molecule has 2 aromatic rings. The molecule has 0 bridgehead atoms. The molecular weight excluding hydrogens is 262 g/mol. The quantitative estimate of drug-likeness (QED) is 0.855. The van der Waals surface area contributed by atoms with Gasteiger partial charge in [-0.1, -0.05) is 61.9 Å². The molecule has 3 N–H and O–H groups in total. The fraction of sp³-hybridized carbons (Fsp3) is 0.278. The van der Waals surface area contributed by atoms with Gasteiger partial charge in [-0.05, 0) is 35.1 Å². The monoisotopic (exact) mass is 283 g/mol. The van der Waals surface area contributed by atoms with Crippen LogP contribution in [-0.4, -0.2) is 17.1 Å². The minimum atomic E-state index is -0.968. The van der Waals surface area contributed by atoms with Crippen LogP contribution < -0.4 is 5.73 Å². The van der Waals surface area contributed by atoms with Crippen LogP contribution in [-0.2, 0) is 17.6 Å². The molecule has 2 rings (SSSR count). The zero-order valence-corrected chi connectivity index (χ0v) is 12.3. The lowest BCUT2D eigenvalue weighted by molar-refractivity contribution is -0.138. The molecule has 3 heteroatoms. The molecule has 0 aliphatic heterocycles. The first-order chi connectivity index (χ1) is 10.1. The molecule has 21 heavy (non-hydrogen) atoms. The van der Waals surface area contributed by atoms with Gasteiger partial charge in [0.25, 0.3) is 0 Å². The summed E-state index contributed by atoms with van der Waals surface area (Å²) in [5.74, 6) is -0.968. The first-order valence-electron chi connectivity index (χ1n) is 7.26. The van der Waals surface area contributed by atoms with Gasteiger partial charge in [-0.15, -0.1) is 0 Å². The Hall–Kier alpha value is -2.13. The van der Waals surface area contributed by atoms with E-state index in [4.69, 9.17) is 10.8 Å². The Balaban J connectivity index is 2.18. The van der Waals surface area contributed by atoms with Crippen molar-refractivity contribution in [2.75, 3.05) is 0 Å². The Bertz CT molecular complexity index is 605. The number of benzene rings is 2. The third-order valence-electron chi connectivity index (χ3n) is 3.53. The van der Waals surface area contributed by atoms with Crippen molar-refractivity contribution in [2.24, 2.45) is 5.73 Å². The van der Waals surface area contributed by atoms with Gasteiger partial charge in [0, 0.05) is 0 Å². The SMILES string of the molecule is CCCc1ccc(-c2cccc(CC(N)C(=O)O)c2)cc1. The van der Waals surface area contributed by atoms with E-state index >= 15 is 0 Å². The molecule has 0 spiro atoms. The van der Waals surface area contributed by atoms with E-state index in [1.165, 1.54) is 5.56 Å². The van der Waals surface area contributed by atoms with Gasteiger partial charge in [0.05, 0.1) is 0 Å². The van der Waals surface area contributed by atoms with Gasteiger partial charge in [-0.2, -0.15) is 0 Å². The minimum absolute atomic E-state index is 0.344. The number of aryl methyl sites for hydroxylation is 1. The maximum absolute atomic E-state index is 10.8. The van der Waals surface area contributed by atoms with E-state index in [2.05, 4.69) is 31.2 Å². The third-order valence-corrected chi connectivity index (χ3v) is 3.53. The van der Waals surface area contributed by atoms with E-state index in [1.54, 1.807) is 0 Å². The van der Waals surface area contributed by atoms with Crippen molar-refractivity contribution < 1.29 is 9.90 Å². The van der Waals surface area contributed by atoms with Gasteiger partial charge in [0.15, 0.2) is 0 Å². The Morgan fingerprint density at radius 1 is 1.10 bits per heavy atom. The Kier molecular flexibility index (Phi) is 5.12. The van der Waals surface area contributed by atoms with Crippen molar-refractivity contribution in [3.63, 3.8) is 0 Å². The molecule has 2 aromatic carbocycles. The summed E-state index contributed by atoms with van der Waals surface area (Å²) in [6.45, 7) is 2.17. The summed E-state index contributed by atoms with van der Waals surface area (Å²) >= 11 is 0. The largest absolute Gasteiger partial charge is 0.480 e. The topological polar surface area (TPSA) is 63.3 Å². The number of carboxylic acids is 1. The van der Waals surface area contributed by atoms with Crippen LogP contribution >= 0.6 is 0 Å². The molecular formula is C18H21NO2. The number of hydrogen-bond acceptors (Lipinski definition) is 2. The van der Waals surface area contributed by atoms with Crippen molar-refractivity contribution in [1.29, 1.82) is 0 Å². The predicted octanol–water partition coefficient (Wildman–Crippen LogP) is 3.26. The summed E-state index contributed by atoms with van der Waals surface area (Å²) in [4.78, 5) is 10.8. The average Bonchev–Trinajstić information content (AvgIpc) is 2.48. The molecule has 0 aliphatic rings. The van der Waals surface area contributed by atoms with E-state index in [9.17, 15) is 4.79 Å². The molecule has 110 valence electrons. The third kappa shape index (κ3) is 4.17. The second-order valence-corrected chi connectivity index (χ2v) is 5.30. The number of hydrogen-bond donors (Lipinski definition) is 2. The predicted molar refractivity (Wildman–Crippen MR) is 85.2 cm³/mol. The van der Waals surface area contributed by atoms with Gasteiger partial charge >= 0.3 is 5.97 Å². The lowest BCUT2D eigenvalue weighted by Crippen LogP contribution is -2.32. The average molecular weight is 283 g/mol. The van der Waals surface area contributed by atoms with Crippen LogP contribution in [0.5, 0.6) is 0 Å². The maximum Gasteiger partial charge on any atom is 0.320 e. The molecule has 0 heterocycles. The van der Waals surface area contributed by atoms with Crippen molar-refractivity contribution >= 4 is 5.97 Å². The lowest BCUT2D eigenvalue weighted by Gasteiger charge is -2.09. The first kappa shape index (κ1) is 15.3. The number of carboxylic acid groups (broad SMARTS) is 1. The Morgan fingerprint density at radius 2 is 1.81 bits per heavy atom. The van der Waals surface area contributed by atoms with E-state index in [0.29, 0.717) is 6.42 Å². The van der Waals surface area contributed by atoms with Crippen molar-refractivity contribution in [3.05, 3.63) is 59.7 Å².